The molecule has 1 aliphatic carbocycles. The van der Waals surface area contributed by atoms with Gasteiger partial charge in [-0.15, -0.1) is 0 Å². The van der Waals surface area contributed by atoms with Crippen molar-refractivity contribution in [2.24, 2.45) is 11.8 Å². The number of hydroxylamine groups is 1. The standard InChI is InChI=1S/C20H24N2O3/c1-3-12-10-21-16-9-20(18-8-13(12)14(16)11-25-18)15-6-4-5-7-17(15)22(24-2)19(20)23/h3-7,13-14,16,18,21H,8-11H2,1-2H3/b12-3+. The molecule has 0 radical (unpaired) electrons. The summed E-state index contributed by atoms with van der Waals surface area (Å²) in [6, 6.07) is 8.33. The number of benzene rings is 1. The molecule has 25 heavy (non-hydrogen) atoms. The SMILES string of the molecule is C/C=C1\CNC2CC3(C(=O)N(OC)c4ccccc43)C3CC1C2CO3. The van der Waals surface area contributed by atoms with E-state index in [1.807, 2.05) is 18.2 Å². The van der Waals surface area contributed by atoms with E-state index in [0.717, 1.165) is 37.2 Å². The number of carbonyl (C=O) groups excluding carboxylic acids is 1. The van der Waals surface area contributed by atoms with Gasteiger partial charge in [-0.05, 0) is 37.3 Å². The number of rotatable bonds is 1. The second-order valence-electron chi connectivity index (χ2n) is 7.65. The average Bonchev–Trinajstić information content (AvgIpc) is 2.74. The van der Waals surface area contributed by atoms with Gasteiger partial charge in [0.25, 0.3) is 5.91 Å². The van der Waals surface area contributed by atoms with Crippen molar-refractivity contribution in [2.45, 2.75) is 37.3 Å². The first-order valence-corrected chi connectivity index (χ1v) is 9.19. The second kappa shape index (κ2) is 5.40. The van der Waals surface area contributed by atoms with Crippen molar-refractivity contribution in [1.29, 1.82) is 0 Å². The van der Waals surface area contributed by atoms with Crippen LogP contribution in [0.2, 0.25) is 0 Å². The first-order chi connectivity index (χ1) is 12.2. The van der Waals surface area contributed by atoms with Gasteiger partial charge in [-0.3, -0.25) is 9.63 Å². The molecule has 3 saturated heterocycles. The molecule has 0 aromatic heterocycles. The first-order valence-electron chi connectivity index (χ1n) is 9.19. The van der Waals surface area contributed by atoms with Crippen LogP contribution in [0.1, 0.15) is 25.3 Å². The van der Waals surface area contributed by atoms with E-state index < -0.39 is 5.41 Å². The summed E-state index contributed by atoms with van der Waals surface area (Å²) < 4.78 is 6.32. The van der Waals surface area contributed by atoms with Crippen molar-refractivity contribution in [1.82, 2.24) is 5.32 Å². The summed E-state index contributed by atoms with van der Waals surface area (Å²) in [4.78, 5) is 19.0. The van der Waals surface area contributed by atoms with Crippen LogP contribution in [0.25, 0.3) is 0 Å². The van der Waals surface area contributed by atoms with Crippen molar-refractivity contribution in [3.63, 3.8) is 0 Å². The molecule has 1 N–H and O–H groups in total. The number of nitrogens with one attached hydrogen (secondary N) is 1. The number of allylic oxidation sites excluding steroid dienone is 1. The van der Waals surface area contributed by atoms with Gasteiger partial charge in [-0.25, -0.2) is 0 Å². The lowest BCUT2D eigenvalue weighted by atomic mass is 9.72. The summed E-state index contributed by atoms with van der Waals surface area (Å²) in [5.74, 6) is 0.997. The molecule has 132 valence electrons. The fourth-order valence-corrected chi connectivity index (χ4v) is 5.66. The Morgan fingerprint density at radius 3 is 3.04 bits per heavy atom. The normalized spacial score (nSPS) is 40.6. The highest BCUT2D eigenvalue weighted by molar-refractivity contribution is 6.07. The van der Waals surface area contributed by atoms with Crippen LogP contribution in [-0.4, -0.2) is 38.3 Å². The number of ether oxygens (including phenoxy) is 1. The van der Waals surface area contributed by atoms with E-state index in [4.69, 9.17) is 9.57 Å². The number of piperidine rings is 1. The van der Waals surface area contributed by atoms with Gasteiger partial charge >= 0.3 is 0 Å². The van der Waals surface area contributed by atoms with Crippen LogP contribution in [0.15, 0.2) is 35.9 Å². The van der Waals surface area contributed by atoms with Crippen molar-refractivity contribution in [3.05, 3.63) is 41.5 Å². The minimum Gasteiger partial charge on any atom is -0.376 e. The lowest BCUT2D eigenvalue weighted by Gasteiger charge is -2.42. The number of fused-ring (bicyclic) bond motifs is 2. The van der Waals surface area contributed by atoms with Crippen molar-refractivity contribution in [2.75, 3.05) is 25.3 Å². The van der Waals surface area contributed by atoms with Gasteiger partial charge in [0.1, 0.15) is 5.41 Å². The predicted octanol–water partition coefficient (Wildman–Crippen LogP) is 2.18. The Labute approximate surface area is 147 Å². The van der Waals surface area contributed by atoms with E-state index in [-0.39, 0.29) is 12.0 Å². The Morgan fingerprint density at radius 1 is 1.40 bits per heavy atom. The molecule has 4 fully saturated rings. The zero-order valence-electron chi connectivity index (χ0n) is 14.7. The summed E-state index contributed by atoms with van der Waals surface area (Å²) in [6.45, 7) is 3.78. The molecule has 1 aromatic rings. The Morgan fingerprint density at radius 2 is 2.24 bits per heavy atom. The number of hydrogen-bond acceptors (Lipinski definition) is 4. The Balaban J connectivity index is 1.68. The lowest BCUT2D eigenvalue weighted by Crippen LogP contribution is -2.50. The van der Waals surface area contributed by atoms with Gasteiger partial charge in [0, 0.05) is 18.5 Å². The summed E-state index contributed by atoms with van der Waals surface area (Å²) in [7, 11) is 1.57. The number of hydrogen-bond donors (Lipinski definition) is 1. The Bertz CT molecular complexity index is 761. The van der Waals surface area contributed by atoms with Crippen LogP contribution in [0.3, 0.4) is 0 Å². The Hall–Kier alpha value is -1.69. The minimum atomic E-state index is -0.642. The molecule has 4 heterocycles. The largest absolute Gasteiger partial charge is 0.376 e. The Kier molecular flexibility index (Phi) is 3.36. The van der Waals surface area contributed by atoms with Crippen LogP contribution in [0.4, 0.5) is 5.69 Å². The van der Waals surface area contributed by atoms with Crippen LogP contribution < -0.4 is 10.4 Å². The molecule has 5 unspecified atom stereocenters. The van der Waals surface area contributed by atoms with Crippen molar-refractivity contribution < 1.29 is 14.4 Å². The second-order valence-corrected chi connectivity index (χ2v) is 7.65. The van der Waals surface area contributed by atoms with Crippen LogP contribution in [0, 0.1) is 11.8 Å². The quantitative estimate of drug-likeness (QED) is 0.796. The minimum absolute atomic E-state index is 0.0261. The average molecular weight is 340 g/mol. The van der Waals surface area contributed by atoms with Gasteiger partial charge in [-0.2, -0.15) is 5.06 Å². The topological polar surface area (TPSA) is 50.8 Å². The first kappa shape index (κ1) is 15.6. The molecule has 1 amide bonds. The molecule has 5 aliphatic rings. The number of amides is 1. The van der Waals surface area contributed by atoms with Gasteiger partial charge < -0.3 is 10.1 Å². The highest BCUT2D eigenvalue weighted by Gasteiger charge is 2.63. The highest BCUT2D eigenvalue weighted by Crippen LogP contribution is 2.55. The van der Waals surface area contributed by atoms with Crippen molar-refractivity contribution in [3.8, 4) is 0 Å². The predicted molar refractivity (Wildman–Crippen MR) is 94.1 cm³/mol. The van der Waals surface area contributed by atoms with E-state index >= 15 is 0 Å². The van der Waals surface area contributed by atoms with Crippen molar-refractivity contribution >= 4 is 11.6 Å². The molecule has 4 bridgehead atoms. The number of anilines is 1. The third-order valence-electron chi connectivity index (χ3n) is 6.85. The molecule has 5 atom stereocenters. The van der Waals surface area contributed by atoms with Gasteiger partial charge in [0.05, 0.1) is 25.5 Å². The van der Waals surface area contributed by atoms with E-state index in [9.17, 15) is 4.79 Å². The van der Waals surface area contributed by atoms with Crippen LogP contribution >= 0.6 is 0 Å². The third kappa shape index (κ3) is 1.86. The van der Waals surface area contributed by atoms with E-state index in [1.165, 1.54) is 10.6 Å². The fourth-order valence-electron chi connectivity index (χ4n) is 5.66. The molecule has 1 saturated carbocycles. The summed E-state index contributed by atoms with van der Waals surface area (Å²) in [5.41, 5.74) is 2.75. The molecule has 1 spiro atoms. The smallest absolute Gasteiger partial charge is 0.264 e. The highest BCUT2D eigenvalue weighted by atomic mass is 16.7. The molecule has 1 aromatic carbocycles. The summed E-state index contributed by atoms with van der Waals surface area (Å²) >= 11 is 0. The summed E-state index contributed by atoms with van der Waals surface area (Å²) in [6.07, 6.45) is 3.85. The maximum atomic E-state index is 13.5. The monoisotopic (exact) mass is 340 g/mol. The third-order valence-corrected chi connectivity index (χ3v) is 6.85. The summed E-state index contributed by atoms with van der Waals surface area (Å²) in [5, 5.41) is 5.16. The maximum absolute atomic E-state index is 13.5. The van der Waals surface area contributed by atoms with Crippen LogP contribution in [-0.2, 0) is 19.8 Å². The zero-order valence-corrected chi connectivity index (χ0v) is 14.7. The molecule has 5 nitrogen and oxygen atoms in total. The number of para-hydroxylation sites is 1. The fraction of sp³-hybridized carbons (Fsp3) is 0.550. The van der Waals surface area contributed by atoms with E-state index in [0.29, 0.717) is 17.9 Å². The molecule has 6 rings (SSSR count). The molecule has 5 heteroatoms. The molecular weight excluding hydrogens is 316 g/mol. The van der Waals surface area contributed by atoms with Gasteiger partial charge in [0.15, 0.2) is 0 Å². The molecular formula is C20H24N2O3. The number of nitrogens with zero attached hydrogens (tertiary/aromatic N) is 1. The zero-order chi connectivity index (χ0) is 17.2. The van der Waals surface area contributed by atoms with Gasteiger partial charge in [0.2, 0.25) is 0 Å². The van der Waals surface area contributed by atoms with Crippen LogP contribution in [0.5, 0.6) is 0 Å². The lowest BCUT2D eigenvalue weighted by molar-refractivity contribution is -0.137. The molecule has 4 aliphatic heterocycles. The van der Waals surface area contributed by atoms with E-state index in [1.54, 1.807) is 7.11 Å². The van der Waals surface area contributed by atoms with Gasteiger partial charge in [-0.1, -0.05) is 29.8 Å². The maximum Gasteiger partial charge on any atom is 0.264 e. The number of carbonyl (C=O) groups is 1. The van der Waals surface area contributed by atoms with E-state index in [2.05, 4.69) is 24.4 Å².